The number of nitrogens with zero attached hydrogens (tertiary/aromatic N) is 1. The third-order valence-electron chi connectivity index (χ3n) is 3.72. The van der Waals surface area contributed by atoms with Crippen molar-refractivity contribution in [1.29, 1.82) is 0 Å². The second-order valence-corrected chi connectivity index (χ2v) is 5.34. The quantitative estimate of drug-likeness (QED) is 0.803. The van der Waals surface area contributed by atoms with Crippen molar-refractivity contribution in [3.8, 4) is 0 Å². The van der Waals surface area contributed by atoms with E-state index in [1.165, 1.54) is 5.56 Å². The summed E-state index contributed by atoms with van der Waals surface area (Å²) < 4.78 is 0. The van der Waals surface area contributed by atoms with Gasteiger partial charge in [0.25, 0.3) is 0 Å². The largest absolute Gasteiger partial charge is 0.479 e. The molecule has 0 saturated carbocycles. The zero-order valence-electron chi connectivity index (χ0n) is 11.9. The van der Waals surface area contributed by atoms with Gasteiger partial charge in [0.05, 0.1) is 12.4 Å². The molecule has 4 nitrogen and oxygen atoms in total. The van der Waals surface area contributed by atoms with Crippen LogP contribution in [0.15, 0.2) is 35.3 Å². The lowest BCUT2D eigenvalue weighted by Gasteiger charge is -2.18. The molecule has 1 aliphatic heterocycles. The maximum atomic E-state index is 11.4. The van der Waals surface area contributed by atoms with Crippen LogP contribution in [-0.4, -0.2) is 29.0 Å². The minimum atomic E-state index is -0.934. The zero-order valence-corrected chi connectivity index (χ0v) is 11.9. The van der Waals surface area contributed by atoms with E-state index in [4.69, 9.17) is 0 Å². The lowest BCUT2D eigenvalue weighted by molar-refractivity contribution is -0.142. The van der Waals surface area contributed by atoms with Gasteiger partial charge in [-0.25, -0.2) is 4.79 Å². The van der Waals surface area contributed by atoms with E-state index in [1.807, 2.05) is 25.1 Å². The molecule has 20 heavy (non-hydrogen) atoms. The molecule has 1 heterocycles. The van der Waals surface area contributed by atoms with Crippen molar-refractivity contribution in [2.24, 2.45) is 4.99 Å². The third kappa shape index (κ3) is 3.38. The molecule has 1 atom stereocenters. The normalized spacial score (nSPS) is 21.4. The Bertz CT molecular complexity index is 485. The number of aliphatic imine (C=N–C) groups is 1. The molecular weight excluding hydrogens is 252 g/mol. The highest BCUT2D eigenvalue weighted by molar-refractivity contribution is 5.91. The molecule has 0 bridgehead atoms. The fraction of sp³-hybridized carbons (Fsp3) is 0.500. The molecule has 0 saturated heterocycles. The molecule has 0 aromatic heterocycles. The van der Waals surface area contributed by atoms with Crippen LogP contribution >= 0.6 is 0 Å². The molecule has 0 fully saturated rings. The van der Waals surface area contributed by atoms with Crippen LogP contribution in [0.1, 0.15) is 38.2 Å². The summed E-state index contributed by atoms with van der Waals surface area (Å²) in [6, 6.07) is 10.3. The maximum Gasteiger partial charge on any atom is 0.333 e. The van der Waals surface area contributed by atoms with E-state index >= 15 is 0 Å². The Balaban J connectivity index is 1.89. The number of rotatable bonds is 7. The van der Waals surface area contributed by atoms with Gasteiger partial charge >= 0.3 is 5.97 Å². The predicted octanol–water partition coefficient (Wildman–Crippen LogP) is 2.63. The Morgan fingerprint density at radius 1 is 1.35 bits per heavy atom. The highest BCUT2D eigenvalue weighted by atomic mass is 16.4. The molecule has 1 unspecified atom stereocenters. The number of nitrogens with one attached hydrogen (secondary N) is 1. The molecule has 108 valence electrons. The van der Waals surface area contributed by atoms with Crippen LogP contribution in [0.5, 0.6) is 0 Å². The van der Waals surface area contributed by atoms with Gasteiger partial charge in [-0.15, -0.1) is 0 Å². The summed E-state index contributed by atoms with van der Waals surface area (Å²) in [5.41, 5.74) is 0.376. The van der Waals surface area contributed by atoms with Crippen LogP contribution in [0.25, 0.3) is 0 Å². The molecule has 1 aliphatic rings. The van der Waals surface area contributed by atoms with Gasteiger partial charge in [-0.3, -0.25) is 4.99 Å². The summed E-state index contributed by atoms with van der Waals surface area (Å²) in [6.07, 6.45) is 4.22. The molecule has 0 aliphatic carbocycles. The van der Waals surface area contributed by atoms with Gasteiger partial charge in [-0.05, 0) is 24.8 Å². The standard InChI is InChI=1S/C16H22N2O2/c1-2-11-16(15(19)20)12-17-14(18-16)10-6-9-13-7-4-3-5-8-13/h3-5,7-8H,2,6,9-12H2,1H3,(H,17,18)(H,19,20). The first-order valence-corrected chi connectivity index (χ1v) is 7.26. The van der Waals surface area contributed by atoms with Crippen molar-refractivity contribution in [3.05, 3.63) is 35.9 Å². The Labute approximate surface area is 119 Å². The molecule has 2 N–H and O–H groups in total. The Hall–Kier alpha value is -1.84. The molecule has 2 rings (SSSR count). The number of carboxylic acids is 1. The van der Waals surface area contributed by atoms with Crippen molar-refractivity contribution in [2.75, 3.05) is 6.54 Å². The fourth-order valence-electron chi connectivity index (χ4n) is 2.62. The summed E-state index contributed by atoms with van der Waals surface area (Å²) in [6.45, 7) is 2.42. The van der Waals surface area contributed by atoms with Gasteiger partial charge in [-0.2, -0.15) is 0 Å². The molecule has 1 aromatic rings. The van der Waals surface area contributed by atoms with Gasteiger partial charge < -0.3 is 10.4 Å². The summed E-state index contributed by atoms with van der Waals surface area (Å²) >= 11 is 0. The van der Waals surface area contributed by atoms with E-state index in [0.717, 1.165) is 31.5 Å². The summed E-state index contributed by atoms with van der Waals surface area (Å²) in [5.74, 6) is 0.0293. The van der Waals surface area contributed by atoms with Crippen molar-refractivity contribution in [2.45, 2.75) is 44.6 Å². The minimum absolute atomic E-state index is 0.427. The van der Waals surface area contributed by atoms with Crippen LogP contribution in [0, 0.1) is 0 Å². The highest BCUT2D eigenvalue weighted by Crippen LogP contribution is 2.23. The third-order valence-corrected chi connectivity index (χ3v) is 3.72. The first-order valence-electron chi connectivity index (χ1n) is 7.26. The fourth-order valence-corrected chi connectivity index (χ4v) is 2.62. The number of benzene rings is 1. The van der Waals surface area contributed by atoms with Gasteiger partial charge in [-0.1, -0.05) is 43.7 Å². The second-order valence-electron chi connectivity index (χ2n) is 5.34. The number of carboxylic acid groups (broad SMARTS) is 1. The van der Waals surface area contributed by atoms with Gasteiger partial charge in [0.1, 0.15) is 0 Å². The topological polar surface area (TPSA) is 61.7 Å². The van der Waals surface area contributed by atoms with E-state index in [2.05, 4.69) is 22.4 Å². The Morgan fingerprint density at radius 2 is 2.10 bits per heavy atom. The SMILES string of the molecule is CCCC1(C(=O)O)CNC(CCCc2ccccc2)=N1. The van der Waals surface area contributed by atoms with E-state index < -0.39 is 11.5 Å². The van der Waals surface area contributed by atoms with Crippen LogP contribution in [-0.2, 0) is 11.2 Å². The Kier molecular flexibility index (Phi) is 4.77. The van der Waals surface area contributed by atoms with Crippen LogP contribution in [0.2, 0.25) is 0 Å². The van der Waals surface area contributed by atoms with Gasteiger partial charge in [0, 0.05) is 6.42 Å². The Morgan fingerprint density at radius 3 is 2.75 bits per heavy atom. The number of aliphatic carboxylic acids is 1. The first kappa shape index (κ1) is 14.6. The van der Waals surface area contributed by atoms with Crippen molar-refractivity contribution < 1.29 is 9.90 Å². The first-order chi connectivity index (χ1) is 9.66. The second kappa shape index (κ2) is 6.55. The average molecular weight is 274 g/mol. The van der Waals surface area contributed by atoms with E-state index in [0.29, 0.717) is 13.0 Å². The van der Waals surface area contributed by atoms with E-state index in [1.54, 1.807) is 0 Å². The summed E-state index contributed by atoms with van der Waals surface area (Å²) in [7, 11) is 0. The van der Waals surface area contributed by atoms with E-state index in [-0.39, 0.29) is 0 Å². The number of carbonyl (C=O) groups is 1. The number of amidine groups is 1. The molecule has 1 aromatic carbocycles. The van der Waals surface area contributed by atoms with Gasteiger partial charge in [0.15, 0.2) is 5.54 Å². The number of aryl methyl sites for hydroxylation is 1. The molecule has 0 amide bonds. The lowest BCUT2D eigenvalue weighted by Crippen LogP contribution is -2.40. The summed E-state index contributed by atoms with van der Waals surface area (Å²) in [5, 5.41) is 12.5. The minimum Gasteiger partial charge on any atom is -0.479 e. The number of hydrogen-bond donors (Lipinski definition) is 2. The van der Waals surface area contributed by atoms with Crippen LogP contribution in [0.3, 0.4) is 0 Å². The maximum absolute atomic E-state index is 11.4. The lowest BCUT2D eigenvalue weighted by atomic mass is 9.95. The van der Waals surface area contributed by atoms with Crippen molar-refractivity contribution in [1.82, 2.24) is 5.32 Å². The average Bonchev–Trinajstić information content (AvgIpc) is 2.85. The molecule has 0 radical (unpaired) electrons. The predicted molar refractivity (Wildman–Crippen MR) is 80.1 cm³/mol. The number of hydrogen-bond acceptors (Lipinski definition) is 3. The molecule has 4 heteroatoms. The van der Waals surface area contributed by atoms with Crippen LogP contribution < -0.4 is 5.32 Å². The summed E-state index contributed by atoms with van der Waals surface area (Å²) in [4.78, 5) is 15.9. The molecular formula is C16H22N2O2. The highest BCUT2D eigenvalue weighted by Gasteiger charge is 2.41. The van der Waals surface area contributed by atoms with Crippen molar-refractivity contribution in [3.63, 3.8) is 0 Å². The van der Waals surface area contributed by atoms with Crippen LogP contribution in [0.4, 0.5) is 0 Å². The smallest absolute Gasteiger partial charge is 0.333 e. The van der Waals surface area contributed by atoms with E-state index in [9.17, 15) is 9.90 Å². The zero-order chi connectivity index (χ0) is 14.4. The monoisotopic (exact) mass is 274 g/mol. The van der Waals surface area contributed by atoms with Gasteiger partial charge in [0.2, 0.25) is 0 Å². The molecule has 0 spiro atoms. The van der Waals surface area contributed by atoms with Crippen molar-refractivity contribution >= 4 is 11.8 Å².